The third-order valence-electron chi connectivity index (χ3n) is 4.41. The summed E-state index contributed by atoms with van der Waals surface area (Å²) < 4.78 is 17.7. The van der Waals surface area contributed by atoms with Crippen molar-refractivity contribution >= 4 is 17.8 Å². The Morgan fingerprint density at radius 3 is 2.39 bits per heavy atom. The van der Waals surface area contributed by atoms with Gasteiger partial charge in [-0.2, -0.15) is 0 Å². The van der Waals surface area contributed by atoms with Gasteiger partial charge in [0.15, 0.2) is 0 Å². The van der Waals surface area contributed by atoms with Gasteiger partial charge in [0.25, 0.3) is 11.8 Å². The van der Waals surface area contributed by atoms with Crippen LogP contribution in [0.3, 0.4) is 0 Å². The Morgan fingerprint density at radius 1 is 1.11 bits per heavy atom. The first-order valence-corrected chi connectivity index (χ1v) is 8.30. The first-order chi connectivity index (χ1) is 13.3. The highest BCUT2D eigenvalue weighted by Crippen LogP contribution is 2.34. The maximum atomic E-state index is 13.2. The molecule has 0 saturated carbocycles. The van der Waals surface area contributed by atoms with Crippen molar-refractivity contribution in [3.8, 4) is 11.1 Å². The number of methoxy groups -OCH3 is 1. The molecule has 3 rings (SSSR count). The Labute approximate surface area is 160 Å². The van der Waals surface area contributed by atoms with E-state index in [1.54, 1.807) is 24.3 Å². The molecule has 0 unspecified atom stereocenters. The molecule has 1 aliphatic rings. The van der Waals surface area contributed by atoms with E-state index in [-0.39, 0.29) is 29.7 Å². The number of fused-ring (bicyclic) bond motifs is 1. The van der Waals surface area contributed by atoms with Gasteiger partial charge in [-0.1, -0.05) is 37.4 Å². The highest BCUT2D eigenvalue weighted by atomic mass is 19.1. The largest absolute Gasteiger partial charge is 0.464 e. The van der Waals surface area contributed by atoms with Crippen LogP contribution in [0.25, 0.3) is 11.1 Å². The van der Waals surface area contributed by atoms with Crippen LogP contribution in [-0.4, -0.2) is 29.8 Å². The van der Waals surface area contributed by atoms with Gasteiger partial charge in [-0.15, -0.1) is 0 Å². The van der Waals surface area contributed by atoms with Gasteiger partial charge >= 0.3 is 5.97 Å². The normalized spacial score (nSPS) is 12.4. The fourth-order valence-electron chi connectivity index (χ4n) is 2.96. The number of nitrogens with zero attached hydrogens (tertiary/aromatic N) is 1. The van der Waals surface area contributed by atoms with Crippen molar-refractivity contribution in [2.45, 2.75) is 6.54 Å². The van der Waals surface area contributed by atoms with Crippen LogP contribution >= 0.6 is 0 Å². The highest BCUT2D eigenvalue weighted by molar-refractivity contribution is 6.07. The minimum absolute atomic E-state index is 0.124. The van der Waals surface area contributed by atoms with Crippen molar-refractivity contribution in [2.24, 2.45) is 0 Å². The van der Waals surface area contributed by atoms with Crippen LogP contribution in [0.1, 0.15) is 15.9 Å². The maximum absolute atomic E-state index is 13.2. The smallest absolute Gasteiger partial charge is 0.353 e. The first kappa shape index (κ1) is 19.0. The minimum atomic E-state index is -0.796. The number of esters is 1. The van der Waals surface area contributed by atoms with E-state index in [2.05, 4.69) is 23.2 Å². The summed E-state index contributed by atoms with van der Waals surface area (Å²) in [5, 5.41) is 2.26. The fraction of sp³-hybridized carbons (Fsp3) is 0.0952. The van der Waals surface area contributed by atoms with E-state index in [0.29, 0.717) is 11.1 Å². The number of carbonyl (C=O) groups is 3. The molecular weight excluding hydrogens is 363 g/mol. The Morgan fingerprint density at radius 2 is 1.75 bits per heavy atom. The second-order valence-electron chi connectivity index (χ2n) is 6.10. The van der Waals surface area contributed by atoms with E-state index >= 15 is 0 Å². The maximum Gasteiger partial charge on any atom is 0.353 e. The van der Waals surface area contributed by atoms with Crippen molar-refractivity contribution in [1.82, 2.24) is 10.2 Å². The van der Waals surface area contributed by atoms with Gasteiger partial charge in [0.05, 0.1) is 13.7 Å². The zero-order valence-electron chi connectivity index (χ0n) is 15.1. The van der Waals surface area contributed by atoms with Gasteiger partial charge < -0.3 is 10.1 Å². The zero-order valence-corrected chi connectivity index (χ0v) is 15.1. The lowest BCUT2D eigenvalue weighted by atomic mass is 9.97. The number of benzene rings is 2. The molecule has 142 valence electrons. The van der Waals surface area contributed by atoms with Crippen molar-refractivity contribution in [3.05, 3.63) is 84.0 Å². The second kappa shape index (κ2) is 7.48. The van der Waals surface area contributed by atoms with Gasteiger partial charge in [0.2, 0.25) is 0 Å². The summed E-state index contributed by atoms with van der Waals surface area (Å²) in [6.07, 6.45) is 0. The SMILES string of the molecule is C=C(NC(=O)C(=C)N1Cc2c(cccc2-c2ccc(F)cc2)C1=O)C(=O)OC. The van der Waals surface area contributed by atoms with Gasteiger partial charge in [-0.3, -0.25) is 14.5 Å². The van der Waals surface area contributed by atoms with Gasteiger partial charge in [0, 0.05) is 5.56 Å². The summed E-state index contributed by atoms with van der Waals surface area (Å²) in [5.41, 5.74) is 2.27. The highest BCUT2D eigenvalue weighted by Gasteiger charge is 2.33. The molecule has 7 heteroatoms. The average molecular weight is 380 g/mol. The van der Waals surface area contributed by atoms with Gasteiger partial charge in [0.1, 0.15) is 17.2 Å². The van der Waals surface area contributed by atoms with Gasteiger partial charge in [-0.05, 0) is 34.9 Å². The summed E-state index contributed by atoms with van der Waals surface area (Å²) in [5.74, 6) is -2.27. The van der Waals surface area contributed by atoms with Gasteiger partial charge in [-0.25, -0.2) is 9.18 Å². The predicted octanol–water partition coefficient (Wildman–Crippen LogP) is 2.77. The Kier molecular flexibility index (Phi) is 5.08. The molecule has 1 heterocycles. The number of halogens is 1. The fourth-order valence-corrected chi connectivity index (χ4v) is 2.96. The molecular formula is C21H17FN2O4. The molecule has 28 heavy (non-hydrogen) atoms. The second-order valence-corrected chi connectivity index (χ2v) is 6.10. The number of nitrogens with one attached hydrogen (secondary N) is 1. The molecule has 0 bridgehead atoms. The number of rotatable bonds is 5. The summed E-state index contributed by atoms with van der Waals surface area (Å²) in [6.45, 7) is 7.21. The van der Waals surface area contributed by atoms with Crippen LogP contribution in [0.4, 0.5) is 4.39 Å². The molecule has 1 aliphatic heterocycles. The quantitative estimate of drug-likeness (QED) is 0.639. The third-order valence-corrected chi connectivity index (χ3v) is 4.41. The number of hydrogen-bond donors (Lipinski definition) is 1. The van der Waals surface area contributed by atoms with Crippen molar-refractivity contribution in [2.75, 3.05) is 7.11 Å². The number of amides is 2. The molecule has 6 nitrogen and oxygen atoms in total. The predicted molar refractivity (Wildman–Crippen MR) is 100 cm³/mol. The molecule has 0 spiro atoms. The molecule has 0 saturated heterocycles. The Bertz CT molecular complexity index is 1010. The van der Waals surface area contributed by atoms with E-state index in [9.17, 15) is 18.8 Å². The molecule has 0 aliphatic carbocycles. The lowest BCUT2D eigenvalue weighted by Gasteiger charge is -2.18. The first-order valence-electron chi connectivity index (χ1n) is 8.30. The minimum Gasteiger partial charge on any atom is -0.464 e. The average Bonchev–Trinajstić information content (AvgIpc) is 3.04. The summed E-state index contributed by atoms with van der Waals surface area (Å²) in [7, 11) is 1.16. The molecule has 1 N–H and O–H groups in total. The van der Waals surface area contributed by atoms with Crippen LogP contribution in [0.5, 0.6) is 0 Å². The summed E-state index contributed by atoms with van der Waals surface area (Å²) >= 11 is 0. The summed E-state index contributed by atoms with van der Waals surface area (Å²) in [4.78, 5) is 37.7. The molecule has 0 aromatic heterocycles. The van der Waals surface area contributed by atoms with E-state index < -0.39 is 11.9 Å². The van der Waals surface area contributed by atoms with Crippen molar-refractivity contribution in [1.29, 1.82) is 0 Å². The van der Waals surface area contributed by atoms with E-state index in [1.807, 2.05) is 6.07 Å². The molecule has 2 amide bonds. The zero-order chi connectivity index (χ0) is 20.4. The van der Waals surface area contributed by atoms with Crippen LogP contribution in [0, 0.1) is 5.82 Å². The van der Waals surface area contributed by atoms with Crippen LogP contribution in [0.15, 0.2) is 67.0 Å². The lowest BCUT2D eigenvalue weighted by Crippen LogP contribution is -2.36. The van der Waals surface area contributed by atoms with E-state index in [1.165, 1.54) is 17.0 Å². The lowest BCUT2D eigenvalue weighted by molar-refractivity contribution is -0.137. The van der Waals surface area contributed by atoms with Crippen molar-refractivity contribution < 1.29 is 23.5 Å². The van der Waals surface area contributed by atoms with E-state index in [4.69, 9.17) is 0 Å². The topological polar surface area (TPSA) is 75.7 Å². The molecule has 2 aromatic carbocycles. The van der Waals surface area contributed by atoms with E-state index in [0.717, 1.165) is 18.2 Å². The van der Waals surface area contributed by atoms with Crippen LogP contribution in [0.2, 0.25) is 0 Å². The molecule has 0 fully saturated rings. The third kappa shape index (κ3) is 3.42. The Balaban J connectivity index is 1.85. The molecule has 0 atom stereocenters. The standard InChI is InChI=1S/C21H17FN2O4/c1-12(21(27)28-3)23-19(25)13(2)24-11-18-16(5-4-6-17(18)20(24)26)14-7-9-15(22)10-8-14/h4-10H,1-2,11H2,3H3,(H,23,25). The number of carbonyl (C=O) groups excluding carboxylic acids is 3. The molecule has 0 radical (unpaired) electrons. The number of hydrogen-bond acceptors (Lipinski definition) is 4. The monoisotopic (exact) mass is 380 g/mol. The summed E-state index contributed by atoms with van der Waals surface area (Å²) in [6, 6.07) is 11.1. The van der Waals surface area contributed by atoms with Crippen molar-refractivity contribution in [3.63, 3.8) is 0 Å². The Hall–Kier alpha value is -3.74. The molecule has 2 aromatic rings. The van der Waals surface area contributed by atoms with Crippen LogP contribution < -0.4 is 5.32 Å². The van der Waals surface area contributed by atoms with Crippen LogP contribution in [-0.2, 0) is 20.9 Å². The number of ether oxygens (including phenoxy) is 1.